The van der Waals surface area contributed by atoms with Crippen LogP contribution in [0.15, 0.2) is 36.4 Å². The molecule has 0 saturated carbocycles. The first-order valence-electron chi connectivity index (χ1n) is 8.17. The number of benzene rings is 1. The summed E-state index contributed by atoms with van der Waals surface area (Å²) >= 11 is 1.78. The summed E-state index contributed by atoms with van der Waals surface area (Å²) in [5, 5.41) is 8.59. The quantitative estimate of drug-likeness (QED) is 0.742. The van der Waals surface area contributed by atoms with Crippen molar-refractivity contribution in [2.24, 2.45) is 0 Å². The monoisotopic (exact) mass is 361 g/mol. The Morgan fingerprint density at radius 1 is 1.16 bits per heavy atom. The molecule has 0 radical (unpaired) electrons. The number of aryl methyl sites for hydroxylation is 2. The van der Waals surface area contributed by atoms with Gasteiger partial charge in [-0.1, -0.05) is 12.1 Å². The van der Waals surface area contributed by atoms with Crippen molar-refractivity contribution in [3.8, 4) is 5.75 Å². The van der Waals surface area contributed by atoms with Crippen LogP contribution in [0.5, 0.6) is 5.75 Å². The molecule has 0 bridgehead atoms. The molecule has 6 heteroatoms. The van der Waals surface area contributed by atoms with Crippen LogP contribution in [0.25, 0.3) is 0 Å². The SMILES string of the molecule is Cc1ccc(CCCC(=O)N(C)Cc2ccc(OCC(=O)O)cc2)s1. The van der Waals surface area contributed by atoms with Crippen LogP contribution in [0.1, 0.15) is 28.2 Å². The second-order valence-corrected chi connectivity index (χ2v) is 7.31. The van der Waals surface area contributed by atoms with Crippen LogP contribution in [0, 0.1) is 6.92 Å². The molecule has 0 atom stereocenters. The Morgan fingerprint density at radius 2 is 1.88 bits per heavy atom. The fourth-order valence-corrected chi connectivity index (χ4v) is 3.35. The van der Waals surface area contributed by atoms with Crippen molar-refractivity contribution in [1.29, 1.82) is 0 Å². The average Bonchev–Trinajstić information content (AvgIpc) is 2.99. The summed E-state index contributed by atoms with van der Waals surface area (Å²) < 4.78 is 5.09. The van der Waals surface area contributed by atoms with E-state index >= 15 is 0 Å². The van der Waals surface area contributed by atoms with Gasteiger partial charge in [0.2, 0.25) is 5.91 Å². The van der Waals surface area contributed by atoms with Crippen LogP contribution < -0.4 is 4.74 Å². The van der Waals surface area contributed by atoms with Gasteiger partial charge in [0.1, 0.15) is 5.75 Å². The van der Waals surface area contributed by atoms with Gasteiger partial charge < -0.3 is 14.7 Å². The molecule has 0 aliphatic heterocycles. The standard InChI is InChI=1S/C19H23NO4S/c1-14-6-11-17(25-14)4-3-5-18(21)20(2)12-15-7-9-16(10-8-15)24-13-19(22)23/h6-11H,3-5,12-13H2,1-2H3,(H,22,23). The van der Waals surface area contributed by atoms with Crippen molar-refractivity contribution in [3.05, 3.63) is 51.7 Å². The minimum Gasteiger partial charge on any atom is -0.482 e. The summed E-state index contributed by atoms with van der Waals surface area (Å²) in [5.74, 6) is -0.377. The number of hydrogen-bond donors (Lipinski definition) is 1. The van der Waals surface area contributed by atoms with Crippen LogP contribution in [0.3, 0.4) is 0 Å². The van der Waals surface area contributed by atoms with Crippen molar-refractivity contribution >= 4 is 23.2 Å². The van der Waals surface area contributed by atoms with Gasteiger partial charge in [0.05, 0.1) is 0 Å². The molecular formula is C19H23NO4S. The maximum Gasteiger partial charge on any atom is 0.341 e. The van der Waals surface area contributed by atoms with Gasteiger partial charge in [0, 0.05) is 29.8 Å². The number of carbonyl (C=O) groups is 2. The van der Waals surface area contributed by atoms with E-state index in [1.54, 1.807) is 35.4 Å². The van der Waals surface area contributed by atoms with Gasteiger partial charge in [-0.25, -0.2) is 4.79 Å². The van der Waals surface area contributed by atoms with Gasteiger partial charge >= 0.3 is 5.97 Å². The molecule has 2 aromatic rings. The van der Waals surface area contributed by atoms with Crippen LogP contribution in [-0.2, 0) is 22.6 Å². The number of amides is 1. The number of carboxylic acids is 1. The van der Waals surface area contributed by atoms with Crippen molar-refractivity contribution in [3.63, 3.8) is 0 Å². The predicted octanol–water partition coefficient (Wildman–Crippen LogP) is 3.50. The van der Waals surface area contributed by atoms with Crippen molar-refractivity contribution < 1.29 is 19.4 Å². The van der Waals surface area contributed by atoms with Crippen molar-refractivity contribution in [2.45, 2.75) is 32.7 Å². The summed E-state index contributed by atoms with van der Waals surface area (Å²) in [5.41, 5.74) is 0.979. The fourth-order valence-electron chi connectivity index (χ4n) is 2.42. The largest absolute Gasteiger partial charge is 0.482 e. The highest BCUT2D eigenvalue weighted by molar-refractivity contribution is 7.11. The molecule has 1 heterocycles. The zero-order valence-corrected chi connectivity index (χ0v) is 15.3. The molecule has 2 rings (SSSR count). The molecule has 0 unspecified atom stereocenters. The lowest BCUT2D eigenvalue weighted by Gasteiger charge is -2.17. The third kappa shape index (κ3) is 6.58. The predicted molar refractivity (Wildman–Crippen MR) is 98.0 cm³/mol. The number of carboxylic acid groups (broad SMARTS) is 1. The van der Waals surface area contributed by atoms with E-state index in [0.717, 1.165) is 18.4 Å². The summed E-state index contributed by atoms with van der Waals surface area (Å²) in [6.45, 7) is 2.25. The zero-order chi connectivity index (χ0) is 18.2. The highest BCUT2D eigenvalue weighted by Crippen LogP contribution is 2.18. The first-order chi connectivity index (χ1) is 11.9. The number of thiophene rings is 1. The topological polar surface area (TPSA) is 66.8 Å². The Kier molecular flexibility index (Phi) is 7.01. The number of rotatable bonds is 9. The molecule has 1 aromatic carbocycles. The minimum atomic E-state index is -1.01. The summed E-state index contributed by atoms with van der Waals surface area (Å²) in [4.78, 5) is 27.0. The third-order valence-electron chi connectivity index (χ3n) is 3.74. The number of hydrogen-bond acceptors (Lipinski definition) is 4. The molecule has 1 amide bonds. The molecule has 5 nitrogen and oxygen atoms in total. The third-order valence-corrected chi connectivity index (χ3v) is 4.80. The molecule has 134 valence electrons. The van der Waals surface area contributed by atoms with Crippen LogP contribution in [0.4, 0.5) is 0 Å². The van der Waals surface area contributed by atoms with Gasteiger partial charge in [-0.3, -0.25) is 4.79 Å². The van der Waals surface area contributed by atoms with Gasteiger partial charge in [0.25, 0.3) is 0 Å². The van der Waals surface area contributed by atoms with Gasteiger partial charge in [-0.15, -0.1) is 11.3 Å². The summed E-state index contributed by atoms with van der Waals surface area (Å²) in [6.07, 6.45) is 2.33. The molecule has 0 fully saturated rings. The van der Waals surface area contributed by atoms with Gasteiger partial charge in [-0.05, 0) is 49.6 Å². The van der Waals surface area contributed by atoms with E-state index < -0.39 is 5.97 Å². The Bertz CT molecular complexity index is 708. The lowest BCUT2D eigenvalue weighted by molar-refractivity contribution is -0.139. The molecule has 0 aliphatic rings. The summed E-state index contributed by atoms with van der Waals surface area (Å²) in [6, 6.07) is 11.4. The highest BCUT2D eigenvalue weighted by atomic mass is 32.1. The molecule has 0 spiro atoms. The Balaban J connectivity index is 1.75. The number of ether oxygens (including phenoxy) is 1. The van der Waals surface area contributed by atoms with Crippen molar-refractivity contribution in [1.82, 2.24) is 4.90 Å². The average molecular weight is 361 g/mol. The van der Waals surface area contributed by atoms with E-state index in [2.05, 4.69) is 19.1 Å². The van der Waals surface area contributed by atoms with E-state index in [0.29, 0.717) is 18.7 Å². The molecular weight excluding hydrogens is 338 g/mol. The van der Waals surface area contributed by atoms with Crippen LogP contribution in [-0.4, -0.2) is 35.5 Å². The van der Waals surface area contributed by atoms with Crippen molar-refractivity contribution in [2.75, 3.05) is 13.7 Å². The smallest absolute Gasteiger partial charge is 0.341 e. The normalized spacial score (nSPS) is 10.5. The van der Waals surface area contributed by atoms with Crippen LogP contribution >= 0.6 is 11.3 Å². The maximum atomic E-state index is 12.2. The lowest BCUT2D eigenvalue weighted by Crippen LogP contribution is -2.25. The van der Waals surface area contributed by atoms with E-state index in [4.69, 9.17) is 9.84 Å². The van der Waals surface area contributed by atoms with E-state index in [9.17, 15) is 9.59 Å². The molecule has 25 heavy (non-hydrogen) atoms. The second kappa shape index (κ2) is 9.22. The van der Waals surface area contributed by atoms with E-state index in [1.807, 2.05) is 12.1 Å². The lowest BCUT2D eigenvalue weighted by atomic mass is 10.1. The first kappa shape index (κ1) is 19.0. The van der Waals surface area contributed by atoms with E-state index in [-0.39, 0.29) is 12.5 Å². The number of carbonyl (C=O) groups excluding carboxylic acids is 1. The zero-order valence-electron chi connectivity index (χ0n) is 14.5. The highest BCUT2D eigenvalue weighted by Gasteiger charge is 2.10. The second-order valence-electron chi connectivity index (χ2n) is 5.94. The van der Waals surface area contributed by atoms with E-state index in [1.165, 1.54) is 9.75 Å². The fraction of sp³-hybridized carbons (Fsp3) is 0.368. The molecule has 0 saturated heterocycles. The Hall–Kier alpha value is -2.34. The van der Waals surface area contributed by atoms with Gasteiger partial charge in [-0.2, -0.15) is 0 Å². The van der Waals surface area contributed by atoms with Gasteiger partial charge in [0.15, 0.2) is 6.61 Å². The minimum absolute atomic E-state index is 0.125. The number of nitrogens with zero attached hydrogens (tertiary/aromatic N) is 1. The molecule has 0 aliphatic carbocycles. The molecule has 1 aromatic heterocycles. The van der Waals surface area contributed by atoms with Crippen LogP contribution in [0.2, 0.25) is 0 Å². The Labute approximate surface area is 151 Å². The first-order valence-corrected chi connectivity index (χ1v) is 8.98. The Morgan fingerprint density at radius 3 is 2.48 bits per heavy atom. The summed E-state index contributed by atoms with van der Waals surface area (Å²) in [7, 11) is 1.80. The number of aliphatic carboxylic acids is 1. The molecule has 1 N–H and O–H groups in total. The maximum absolute atomic E-state index is 12.2.